The molecule has 3 rings (SSSR count). The second-order valence-corrected chi connectivity index (χ2v) is 8.59. The highest BCUT2D eigenvalue weighted by atomic mass is 16.6. The number of allylic oxidation sites excluding steroid dienone is 1. The first-order chi connectivity index (χ1) is 15.2. The number of methoxy groups -OCH3 is 1. The highest BCUT2D eigenvalue weighted by molar-refractivity contribution is 5.64. The largest absolute Gasteiger partial charge is 0.465 e. The SMILES string of the molecule is CCC.CNc1nnc(CNC(=O)O)o1.COC1CCCCC1C1(C)OC1CC=C(C)C. The van der Waals surface area contributed by atoms with Crippen molar-refractivity contribution in [3.8, 4) is 0 Å². The third-order valence-electron chi connectivity index (χ3n) is 5.53. The van der Waals surface area contributed by atoms with Crippen molar-refractivity contribution in [1.29, 1.82) is 0 Å². The van der Waals surface area contributed by atoms with E-state index in [4.69, 9.17) is 19.0 Å². The van der Waals surface area contributed by atoms with Crippen molar-refractivity contribution in [2.75, 3.05) is 19.5 Å². The van der Waals surface area contributed by atoms with Gasteiger partial charge in [-0.1, -0.05) is 49.9 Å². The summed E-state index contributed by atoms with van der Waals surface area (Å²) in [6, 6.07) is 0.261. The standard InChI is InChI=1S/C15H26O2.C5H8N4O3.C3H8/c1-11(2)9-10-14-15(3,17-14)12-7-5-6-8-13(12)16-4;1-6-4-9-8-3(12-4)2-7-5(10)11;1-3-2/h9,12-14H,5-8,10H2,1-4H3;7H,2H2,1H3,(H,6,9)(H,10,11);3H2,1-2H3. The molecule has 1 aliphatic carbocycles. The zero-order chi connectivity index (χ0) is 24.1. The van der Waals surface area contributed by atoms with Crippen LogP contribution in [0.25, 0.3) is 0 Å². The number of amides is 1. The molecule has 2 fully saturated rings. The molecule has 9 heteroatoms. The fraction of sp³-hybridized carbons (Fsp3) is 0.783. The molecule has 1 saturated heterocycles. The Bertz CT molecular complexity index is 704. The average molecular weight is 455 g/mol. The van der Waals surface area contributed by atoms with E-state index in [9.17, 15) is 4.79 Å². The van der Waals surface area contributed by atoms with Crippen molar-refractivity contribution in [1.82, 2.24) is 15.5 Å². The van der Waals surface area contributed by atoms with Crippen molar-refractivity contribution in [3.05, 3.63) is 17.5 Å². The summed E-state index contributed by atoms with van der Waals surface area (Å²) in [5.74, 6) is 0.818. The van der Waals surface area contributed by atoms with E-state index in [1.54, 1.807) is 7.05 Å². The number of ether oxygens (including phenoxy) is 2. The summed E-state index contributed by atoms with van der Waals surface area (Å²) in [5.41, 5.74) is 1.46. The van der Waals surface area contributed by atoms with Crippen LogP contribution in [0.1, 0.15) is 79.0 Å². The predicted octanol–water partition coefficient (Wildman–Crippen LogP) is 5.00. The van der Waals surface area contributed by atoms with Crippen LogP contribution in [-0.4, -0.2) is 53.4 Å². The molecule has 1 amide bonds. The first-order valence-corrected chi connectivity index (χ1v) is 11.5. The molecule has 0 bridgehead atoms. The third-order valence-corrected chi connectivity index (χ3v) is 5.53. The second kappa shape index (κ2) is 14.1. The van der Waals surface area contributed by atoms with Crippen molar-refractivity contribution in [2.45, 2.75) is 97.5 Å². The van der Waals surface area contributed by atoms with Gasteiger partial charge >= 0.3 is 12.1 Å². The number of nitrogens with zero attached hydrogens (tertiary/aromatic N) is 2. The van der Waals surface area contributed by atoms with Gasteiger partial charge in [-0.15, -0.1) is 5.10 Å². The van der Waals surface area contributed by atoms with Gasteiger partial charge in [0, 0.05) is 20.1 Å². The molecule has 2 heterocycles. The molecule has 0 aromatic carbocycles. The number of anilines is 1. The maximum atomic E-state index is 10.0. The second-order valence-electron chi connectivity index (χ2n) is 8.59. The van der Waals surface area contributed by atoms with E-state index in [-0.39, 0.29) is 24.1 Å². The molecule has 0 radical (unpaired) electrons. The van der Waals surface area contributed by atoms with Gasteiger partial charge in [0.15, 0.2) is 0 Å². The van der Waals surface area contributed by atoms with E-state index in [0.29, 0.717) is 18.1 Å². The minimum absolute atomic E-state index is 0.0179. The lowest BCUT2D eigenvalue weighted by Crippen LogP contribution is -2.37. The Morgan fingerprint density at radius 1 is 1.28 bits per heavy atom. The molecule has 1 aromatic heterocycles. The van der Waals surface area contributed by atoms with Gasteiger partial charge in [-0.3, -0.25) is 0 Å². The molecule has 1 saturated carbocycles. The summed E-state index contributed by atoms with van der Waals surface area (Å²) >= 11 is 0. The number of epoxide rings is 1. The molecule has 4 atom stereocenters. The molecule has 1 aliphatic heterocycles. The Labute approximate surface area is 192 Å². The van der Waals surface area contributed by atoms with Crippen LogP contribution < -0.4 is 10.6 Å². The summed E-state index contributed by atoms with van der Waals surface area (Å²) in [5, 5.41) is 20.0. The van der Waals surface area contributed by atoms with Crippen LogP contribution in [0.5, 0.6) is 0 Å². The fourth-order valence-corrected chi connectivity index (χ4v) is 3.84. The van der Waals surface area contributed by atoms with Gasteiger partial charge in [-0.05, 0) is 40.0 Å². The van der Waals surface area contributed by atoms with Crippen molar-refractivity contribution in [3.63, 3.8) is 0 Å². The number of hydrogen-bond acceptors (Lipinski definition) is 7. The maximum absolute atomic E-state index is 10.0. The lowest BCUT2D eigenvalue weighted by molar-refractivity contribution is -0.00777. The third kappa shape index (κ3) is 9.16. The molecular formula is C23H42N4O5. The maximum Gasteiger partial charge on any atom is 0.405 e. The quantitative estimate of drug-likeness (QED) is 0.388. The van der Waals surface area contributed by atoms with Crippen LogP contribution in [0.3, 0.4) is 0 Å². The number of nitrogens with one attached hydrogen (secondary N) is 2. The smallest absolute Gasteiger partial charge is 0.405 e. The molecule has 9 nitrogen and oxygen atoms in total. The summed E-state index contributed by atoms with van der Waals surface area (Å²) in [6.07, 6.45) is 9.41. The monoisotopic (exact) mass is 454 g/mol. The van der Waals surface area contributed by atoms with E-state index >= 15 is 0 Å². The Kier molecular flexibility index (Phi) is 12.3. The van der Waals surface area contributed by atoms with Crippen molar-refractivity contribution < 1.29 is 23.8 Å². The number of carboxylic acid groups (broad SMARTS) is 1. The minimum atomic E-state index is -1.13. The zero-order valence-corrected chi connectivity index (χ0v) is 20.7. The fourth-order valence-electron chi connectivity index (χ4n) is 3.84. The van der Waals surface area contributed by atoms with E-state index in [2.05, 4.69) is 61.5 Å². The molecule has 1 aromatic rings. The molecule has 184 valence electrons. The minimum Gasteiger partial charge on any atom is -0.465 e. The van der Waals surface area contributed by atoms with E-state index in [0.717, 1.165) is 6.42 Å². The van der Waals surface area contributed by atoms with Crippen LogP contribution in [0.4, 0.5) is 10.8 Å². The topological polar surface area (TPSA) is 122 Å². The number of hydrogen-bond donors (Lipinski definition) is 3. The van der Waals surface area contributed by atoms with E-state index in [1.165, 1.54) is 37.7 Å². The Morgan fingerprint density at radius 2 is 1.94 bits per heavy atom. The van der Waals surface area contributed by atoms with Gasteiger partial charge in [0.05, 0.1) is 24.4 Å². The molecule has 32 heavy (non-hydrogen) atoms. The summed E-state index contributed by atoms with van der Waals surface area (Å²) in [4.78, 5) is 10.0. The van der Waals surface area contributed by atoms with Gasteiger partial charge in [-0.2, -0.15) is 0 Å². The zero-order valence-electron chi connectivity index (χ0n) is 20.7. The van der Waals surface area contributed by atoms with E-state index in [1.807, 2.05) is 7.11 Å². The first-order valence-electron chi connectivity index (χ1n) is 11.5. The lowest BCUT2D eigenvalue weighted by atomic mass is 9.76. The van der Waals surface area contributed by atoms with Crippen LogP contribution >= 0.6 is 0 Å². The Hall–Kier alpha value is -2.13. The molecule has 3 N–H and O–H groups in total. The molecule has 4 unspecified atom stereocenters. The average Bonchev–Trinajstić information content (AvgIpc) is 3.21. The highest BCUT2D eigenvalue weighted by Gasteiger charge is 2.58. The Balaban J connectivity index is 0.000000299. The van der Waals surface area contributed by atoms with Gasteiger partial charge < -0.3 is 29.6 Å². The summed E-state index contributed by atoms with van der Waals surface area (Å²) < 4.78 is 16.6. The van der Waals surface area contributed by atoms with Crippen LogP contribution in [0, 0.1) is 5.92 Å². The van der Waals surface area contributed by atoms with Crippen molar-refractivity contribution in [2.24, 2.45) is 5.92 Å². The van der Waals surface area contributed by atoms with Crippen LogP contribution in [0.15, 0.2) is 16.1 Å². The Morgan fingerprint density at radius 3 is 2.47 bits per heavy atom. The molecule has 0 spiro atoms. The number of carbonyl (C=O) groups is 1. The molecule has 2 aliphatic rings. The number of rotatable bonds is 7. The normalized spacial score (nSPS) is 25.9. The van der Waals surface area contributed by atoms with Gasteiger partial charge in [-0.25, -0.2) is 4.79 Å². The van der Waals surface area contributed by atoms with Crippen LogP contribution in [-0.2, 0) is 16.0 Å². The van der Waals surface area contributed by atoms with Gasteiger partial charge in [0.1, 0.15) is 0 Å². The van der Waals surface area contributed by atoms with Crippen molar-refractivity contribution >= 4 is 12.1 Å². The first kappa shape index (κ1) is 27.9. The summed E-state index contributed by atoms with van der Waals surface area (Å²) in [6.45, 7) is 10.8. The highest BCUT2D eigenvalue weighted by Crippen LogP contribution is 2.50. The molecular weight excluding hydrogens is 412 g/mol. The summed E-state index contributed by atoms with van der Waals surface area (Å²) in [7, 11) is 3.47. The van der Waals surface area contributed by atoms with E-state index < -0.39 is 6.09 Å². The van der Waals surface area contributed by atoms with Gasteiger partial charge in [0.25, 0.3) is 0 Å². The predicted molar refractivity (Wildman–Crippen MR) is 125 cm³/mol. The number of aromatic nitrogens is 2. The van der Waals surface area contributed by atoms with Gasteiger partial charge in [0.2, 0.25) is 5.89 Å². The van der Waals surface area contributed by atoms with Crippen LogP contribution in [0.2, 0.25) is 0 Å². The lowest BCUT2D eigenvalue weighted by Gasteiger charge is -2.33.